The van der Waals surface area contributed by atoms with Crippen LogP contribution in [0.1, 0.15) is 32.3 Å². The summed E-state index contributed by atoms with van der Waals surface area (Å²) in [6, 6.07) is 10.3. The lowest BCUT2D eigenvalue weighted by Gasteiger charge is -2.25. The monoisotopic (exact) mass is 335 g/mol. The molecule has 1 heterocycles. The molecule has 0 aromatic heterocycles. The van der Waals surface area contributed by atoms with Gasteiger partial charge in [0.1, 0.15) is 0 Å². The molecule has 0 aliphatic carbocycles. The van der Waals surface area contributed by atoms with Crippen LogP contribution < -0.4 is 16.0 Å². The Labute approximate surface area is 145 Å². The molecule has 0 spiro atoms. The van der Waals surface area contributed by atoms with Gasteiger partial charge in [-0.1, -0.05) is 50.6 Å². The number of nitrogens with one attached hydrogen (secondary N) is 3. The molecule has 23 heavy (non-hydrogen) atoms. The summed E-state index contributed by atoms with van der Waals surface area (Å²) >= 11 is 4.50. The molecule has 1 aliphatic heterocycles. The Bertz CT molecular complexity index is 482. The molecule has 1 aromatic carbocycles. The van der Waals surface area contributed by atoms with Gasteiger partial charge in [-0.05, 0) is 17.9 Å². The summed E-state index contributed by atoms with van der Waals surface area (Å²) in [5.41, 5.74) is 1.12. The number of amides is 1. The summed E-state index contributed by atoms with van der Waals surface area (Å²) in [6.45, 7) is 6.59. The third-order valence-corrected chi connectivity index (χ3v) is 4.98. The number of carbonyl (C=O) groups excluding carboxylic acids is 1. The highest BCUT2D eigenvalue weighted by atomic mass is 32.1. The number of benzene rings is 1. The van der Waals surface area contributed by atoms with E-state index in [4.69, 9.17) is 0 Å². The fourth-order valence-electron chi connectivity index (χ4n) is 2.91. The molecule has 2 rings (SSSR count). The van der Waals surface area contributed by atoms with Gasteiger partial charge in [-0.25, -0.2) is 0 Å². The van der Waals surface area contributed by atoms with E-state index in [0.29, 0.717) is 23.8 Å². The molecule has 0 radical (unpaired) electrons. The minimum Gasteiger partial charge on any atom is -0.351 e. The Morgan fingerprint density at radius 2 is 2.13 bits per heavy atom. The fourth-order valence-corrected chi connectivity index (χ4v) is 3.27. The molecule has 0 bridgehead atoms. The number of hydrogen-bond donors (Lipinski definition) is 4. The quantitative estimate of drug-likeness (QED) is 0.550. The molecule has 3 unspecified atom stereocenters. The molecular weight excluding hydrogens is 306 g/mol. The van der Waals surface area contributed by atoms with E-state index in [1.54, 1.807) is 0 Å². The highest BCUT2D eigenvalue weighted by Gasteiger charge is 2.26. The Morgan fingerprint density at radius 3 is 2.74 bits per heavy atom. The minimum absolute atomic E-state index is 0.0867. The summed E-state index contributed by atoms with van der Waals surface area (Å²) in [4.78, 5) is 12.6. The van der Waals surface area contributed by atoms with Crippen LogP contribution in [0.15, 0.2) is 30.3 Å². The lowest BCUT2D eigenvalue weighted by molar-refractivity contribution is -0.124. The molecule has 3 N–H and O–H groups in total. The van der Waals surface area contributed by atoms with Crippen LogP contribution in [0, 0.1) is 5.92 Å². The number of rotatable bonds is 8. The zero-order valence-corrected chi connectivity index (χ0v) is 15.0. The highest BCUT2D eigenvalue weighted by molar-refractivity contribution is 7.81. The van der Waals surface area contributed by atoms with Gasteiger partial charge in [-0.3, -0.25) is 4.79 Å². The maximum absolute atomic E-state index is 12.6. The summed E-state index contributed by atoms with van der Waals surface area (Å²) in [6.07, 6.45) is 2.03. The van der Waals surface area contributed by atoms with Crippen molar-refractivity contribution in [1.29, 1.82) is 0 Å². The Morgan fingerprint density at radius 1 is 1.39 bits per heavy atom. The van der Waals surface area contributed by atoms with Crippen LogP contribution in [0.25, 0.3) is 0 Å². The van der Waals surface area contributed by atoms with Gasteiger partial charge in [0.25, 0.3) is 0 Å². The second kappa shape index (κ2) is 9.30. The smallest absolute Gasteiger partial charge is 0.237 e. The van der Waals surface area contributed by atoms with Gasteiger partial charge in [0.2, 0.25) is 5.91 Å². The van der Waals surface area contributed by atoms with Crippen LogP contribution in [-0.4, -0.2) is 36.3 Å². The zero-order chi connectivity index (χ0) is 16.7. The Balaban J connectivity index is 1.85. The molecule has 1 aliphatic rings. The number of carbonyl (C=O) groups is 1. The molecule has 1 amide bonds. The number of hydrogen-bond acceptors (Lipinski definition) is 4. The SMILES string of the molecule is CCC(C)[C@H](NCC1CC(S)CN1)C(=O)NCc1ccccc1. The second-order valence-electron chi connectivity index (χ2n) is 6.47. The van der Waals surface area contributed by atoms with Gasteiger partial charge in [0.15, 0.2) is 0 Å². The largest absolute Gasteiger partial charge is 0.351 e. The average molecular weight is 336 g/mol. The summed E-state index contributed by atoms with van der Waals surface area (Å²) < 4.78 is 0. The zero-order valence-electron chi connectivity index (χ0n) is 14.1. The first-order valence-corrected chi connectivity index (χ1v) is 9.08. The second-order valence-corrected chi connectivity index (χ2v) is 7.20. The lowest BCUT2D eigenvalue weighted by atomic mass is 9.98. The maximum atomic E-state index is 12.6. The van der Waals surface area contributed by atoms with Crippen molar-refractivity contribution in [2.24, 2.45) is 5.92 Å². The summed E-state index contributed by atoms with van der Waals surface area (Å²) in [5, 5.41) is 10.4. The minimum atomic E-state index is -0.149. The fraction of sp³-hybridized carbons (Fsp3) is 0.611. The molecule has 1 aromatic rings. The van der Waals surface area contributed by atoms with Crippen LogP contribution >= 0.6 is 12.6 Å². The van der Waals surface area contributed by atoms with Crippen LogP contribution in [0.4, 0.5) is 0 Å². The van der Waals surface area contributed by atoms with Gasteiger partial charge in [0, 0.05) is 30.9 Å². The molecule has 1 fully saturated rings. The van der Waals surface area contributed by atoms with E-state index in [9.17, 15) is 4.79 Å². The molecule has 128 valence electrons. The maximum Gasteiger partial charge on any atom is 0.237 e. The van der Waals surface area contributed by atoms with Gasteiger partial charge < -0.3 is 16.0 Å². The van der Waals surface area contributed by atoms with E-state index >= 15 is 0 Å². The molecule has 4 atom stereocenters. The average Bonchev–Trinajstić information content (AvgIpc) is 2.99. The molecular formula is C18H29N3OS. The highest BCUT2D eigenvalue weighted by Crippen LogP contribution is 2.13. The van der Waals surface area contributed by atoms with Crippen molar-refractivity contribution in [3.8, 4) is 0 Å². The lowest BCUT2D eigenvalue weighted by Crippen LogP contribution is -2.50. The standard InChI is InChI=1S/C18H29N3OS/c1-3-13(2)17(20-11-15-9-16(23)12-19-15)18(22)21-10-14-7-5-4-6-8-14/h4-8,13,15-17,19-20,23H,3,9-12H2,1-2H3,(H,21,22)/t13?,15?,16?,17-/m0/s1. The van der Waals surface area contributed by atoms with Crippen LogP contribution in [0.5, 0.6) is 0 Å². The summed E-state index contributed by atoms with van der Waals surface area (Å²) in [5.74, 6) is 0.391. The predicted molar refractivity (Wildman–Crippen MR) is 98.7 cm³/mol. The van der Waals surface area contributed by atoms with Crippen molar-refractivity contribution in [3.63, 3.8) is 0 Å². The first-order chi connectivity index (χ1) is 11.1. The van der Waals surface area contributed by atoms with Crippen molar-refractivity contribution in [3.05, 3.63) is 35.9 Å². The van der Waals surface area contributed by atoms with E-state index in [1.807, 2.05) is 30.3 Å². The van der Waals surface area contributed by atoms with E-state index in [-0.39, 0.29) is 11.9 Å². The molecule has 4 nitrogen and oxygen atoms in total. The Hall–Kier alpha value is -1.04. The van der Waals surface area contributed by atoms with Gasteiger partial charge in [0.05, 0.1) is 6.04 Å². The van der Waals surface area contributed by atoms with E-state index in [1.165, 1.54) is 0 Å². The molecule has 1 saturated heterocycles. The van der Waals surface area contributed by atoms with Crippen molar-refractivity contribution in [2.75, 3.05) is 13.1 Å². The van der Waals surface area contributed by atoms with Crippen molar-refractivity contribution >= 4 is 18.5 Å². The number of thiol groups is 1. The normalized spacial score (nSPS) is 23.4. The molecule has 5 heteroatoms. The van der Waals surface area contributed by atoms with Gasteiger partial charge >= 0.3 is 0 Å². The van der Waals surface area contributed by atoms with E-state index < -0.39 is 0 Å². The van der Waals surface area contributed by atoms with E-state index in [0.717, 1.165) is 31.5 Å². The van der Waals surface area contributed by atoms with Crippen molar-refractivity contribution in [2.45, 2.75) is 50.6 Å². The van der Waals surface area contributed by atoms with Crippen molar-refractivity contribution in [1.82, 2.24) is 16.0 Å². The first-order valence-electron chi connectivity index (χ1n) is 8.56. The van der Waals surface area contributed by atoms with Gasteiger partial charge in [-0.2, -0.15) is 12.6 Å². The third kappa shape index (κ3) is 5.83. The van der Waals surface area contributed by atoms with E-state index in [2.05, 4.69) is 42.4 Å². The Kier molecular flexibility index (Phi) is 7.40. The van der Waals surface area contributed by atoms with Crippen LogP contribution in [0.3, 0.4) is 0 Å². The molecule has 0 saturated carbocycles. The summed E-state index contributed by atoms with van der Waals surface area (Å²) in [7, 11) is 0. The van der Waals surface area contributed by atoms with Crippen LogP contribution in [0.2, 0.25) is 0 Å². The van der Waals surface area contributed by atoms with Gasteiger partial charge in [-0.15, -0.1) is 0 Å². The van der Waals surface area contributed by atoms with Crippen molar-refractivity contribution < 1.29 is 4.79 Å². The first kappa shape index (κ1) is 18.3. The van der Waals surface area contributed by atoms with Crippen LogP contribution in [-0.2, 0) is 11.3 Å². The third-order valence-electron chi connectivity index (χ3n) is 4.59. The predicted octanol–water partition coefficient (Wildman–Crippen LogP) is 1.97. The topological polar surface area (TPSA) is 53.2 Å².